The van der Waals surface area contributed by atoms with Crippen LogP contribution in [0.15, 0.2) is 76.4 Å². The first-order valence-corrected chi connectivity index (χ1v) is 9.48. The Balaban J connectivity index is 1.55. The smallest absolute Gasteiger partial charge is 0.281 e. The lowest BCUT2D eigenvalue weighted by Crippen LogP contribution is -2.31. The summed E-state index contributed by atoms with van der Waals surface area (Å²) in [6, 6.07) is 17.9. The van der Waals surface area contributed by atoms with Crippen LogP contribution in [0.2, 0.25) is 5.02 Å². The normalized spacial score (nSPS) is 15.9. The Morgan fingerprint density at radius 2 is 1.90 bits per heavy atom. The third kappa shape index (κ3) is 4.12. The van der Waals surface area contributed by atoms with Crippen molar-refractivity contribution < 1.29 is 18.7 Å². The van der Waals surface area contributed by atoms with Gasteiger partial charge in [-0.3, -0.25) is 4.79 Å². The van der Waals surface area contributed by atoms with Gasteiger partial charge in [0, 0.05) is 11.4 Å². The van der Waals surface area contributed by atoms with Crippen LogP contribution in [0.5, 0.6) is 11.5 Å². The van der Waals surface area contributed by atoms with Crippen molar-refractivity contribution in [1.82, 2.24) is 5.01 Å². The maximum atomic E-state index is 12.9. The number of methoxy groups -OCH3 is 1. The van der Waals surface area contributed by atoms with Crippen LogP contribution in [0.1, 0.15) is 23.8 Å². The van der Waals surface area contributed by atoms with E-state index in [0.29, 0.717) is 28.7 Å². The van der Waals surface area contributed by atoms with Crippen LogP contribution in [0, 0.1) is 0 Å². The van der Waals surface area contributed by atoms with Crippen molar-refractivity contribution in [2.75, 3.05) is 13.7 Å². The Bertz CT molecular complexity index is 1020. The number of hydrogen-bond donors (Lipinski definition) is 0. The molecule has 0 fully saturated rings. The molecule has 0 aliphatic carbocycles. The molecule has 2 heterocycles. The first-order chi connectivity index (χ1) is 14.2. The zero-order valence-corrected chi connectivity index (χ0v) is 16.5. The minimum Gasteiger partial charge on any atom is -0.493 e. The van der Waals surface area contributed by atoms with Gasteiger partial charge >= 0.3 is 0 Å². The number of hydrazone groups is 1. The lowest BCUT2D eigenvalue weighted by Gasteiger charge is -2.20. The quantitative estimate of drug-likeness (QED) is 0.591. The van der Waals surface area contributed by atoms with E-state index < -0.39 is 0 Å². The first kappa shape index (κ1) is 19.1. The molecule has 29 heavy (non-hydrogen) atoms. The average molecular weight is 411 g/mol. The lowest BCUT2D eigenvalue weighted by atomic mass is 10.0. The third-order valence-corrected chi connectivity index (χ3v) is 4.89. The van der Waals surface area contributed by atoms with Crippen LogP contribution in [-0.4, -0.2) is 30.3 Å². The molecule has 1 amide bonds. The van der Waals surface area contributed by atoms with Gasteiger partial charge in [0.2, 0.25) is 0 Å². The SMILES string of the molecule is COc1ccccc1OCC(=O)N1N=C(c2ccc(Cl)cc2)C[C@@H]1c1ccco1. The predicted molar refractivity (Wildman–Crippen MR) is 109 cm³/mol. The number of benzene rings is 2. The highest BCUT2D eigenvalue weighted by Crippen LogP contribution is 2.33. The monoisotopic (exact) mass is 410 g/mol. The summed E-state index contributed by atoms with van der Waals surface area (Å²) in [5, 5.41) is 6.64. The number of nitrogens with zero attached hydrogens (tertiary/aromatic N) is 2. The number of ether oxygens (including phenoxy) is 2. The van der Waals surface area contributed by atoms with Crippen molar-refractivity contribution in [2.45, 2.75) is 12.5 Å². The molecule has 0 saturated carbocycles. The van der Waals surface area contributed by atoms with Gasteiger partial charge in [0.1, 0.15) is 11.8 Å². The Kier molecular flexibility index (Phi) is 5.53. The summed E-state index contributed by atoms with van der Waals surface area (Å²) in [5.41, 5.74) is 1.70. The number of para-hydroxylation sites is 2. The fraction of sp³-hybridized carbons (Fsp3) is 0.182. The summed E-state index contributed by atoms with van der Waals surface area (Å²) in [4.78, 5) is 12.9. The van der Waals surface area contributed by atoms with E-state index in [0.717, 1.165) is 11.3 Å². The Morgan fingerprint density at radius 3 is 2.59 bits per heavy atom. The summed E-state index contributed by atoms with van der Waals surface area (Å²) in [7, 11) is 1.56. The first-order valence-electron chi connectivity index (χ1n) is 9.10. The van der Waals surface area contributed by atoms with Gasteiger partial charge in [-0.1, -0.05) is 35.9 Å². The van der Waals surface area contributed by atoms with E-state index in [-0.39, 0.29) is 18.6 Å². The molecule has 3 aromatic rings. The lowest BCUT2D eigenvalue weighted by molar-refractivity contribution is -0.135. The zero-order valence-electron chi connectivity index (χ0n) is 15.7. The molecule has 4 rings (SSSR count). The molecule has 1 aliphatic heterocycles. The average Bonchev–Trinajstić information content (AvgIpc) is 3.42. The molecule has 148 valence electrons. The second-order valence-corrected chi connectivity index (χ2v) is 6.90. The van der Waals surface area contributed by atoms with Gasteiger partial charge in [0.25, 0.3) is 5.91 Å². The fourth-order valence-electron chi connectivity index (χ4n) is 3.20. The molecule has 0 N–H and O–H groups in total. The van der Waals surface area contributed by atoms with Crippen LogP contribution >= 0.6 is 11.6 Å². The molecule has 1 atom stereocenters. The van der Waals surface area contributed by atoms with E-state index in [2.05, 4.69) is 5.10 Å². The van der Waals surface area contributed by atoms with E-state index >= 15 is 0 Å². The largest absolute Gasteiger partial charge is 0.493 e. The van der Waals surface area contributed by atoms with E-state index in [9.17, 15) is 4.79 Å². The minimum absolute atomic E-state index is 0.172. The summed E-state index contributed by atoms with van der Waals surface area (Å²) in [6.45, 7) is -0.172. The second-order valence-electron chi connectivity index (χ2n) is 6.47. The van der Waals surface area contributed by atoms with E-state index in [1.807, 2.05) is 30.3 Å². The summed E-state index contributed by atoms with van der Waals surface area (Å²) in [6.07, 6.45) is 2.12. The number of amides is 1. The second kappa shape index (κ2) is 8.41. The zero-order chi connectivity index (χ0) is 20.2. The van der Waals surface area contributed by atoms with E-state index in [1.54, 1.807) is 43.7 Å². The minimum atomic E-state index is -0.329. The molecule has 0 bridgehead atoms. The van der Waals surface area contributed by atoms with Gasteiger partial charge in [0.15, 0.2) is 18.1 Å². The molecule has 0 radical (unpaired) electrons. The van der Waals surface area contributed by atoms with Crippen LogP contribution in [0.25, 0.3) is 0 Å². The van der Waals surface area contributed by atoms with Crippen molar-refractivity contribution in [3.8, 4) is 11.5 Å². The summed E-state index contributed by atoms with van der Waals surface area (Å²) >= 11 is 5.99. The maximum Gasteiger partial charge on any atom is 0.281 e. The molecule has 0 unspecified atom stereocenters. The van der Waals surface area contributed by atoms with Gasteiger partial charge in [-0.05, 0) is 42.0 Å². The highest BCUT2D eigenvalue weighted by molar-refractivity contribution is 6.30. The Labute approximate surface area is 173 Å². The van der Waals surface area contributed by atoms with Crippen LogP contribution in [-0.2, 0) is 4.79 Å². The molecule has 0 saturated heterocycles. The fourth-order valence-corrected chi connectivity index (χ4v) is 3.33. The highest BCUT2D eigenvalue weighted by Gasteiger charge is 2.35. The van der Waals surface area contributed by atoms with Gasteiger partial charge in [-0.25, -0.2) is 5.01 Å². The third-order valence-electron chi connectivity index (χ3n) is 4.64. The molecule has 0 spiro atoms. The highest BCUT2D eigenvalue weighted by atomic mass is 35.5. The van der Waals surface area contributed by atoms with Crippen molar-refractivity contribution >= 4 is 23.2 Å². The topological polar surface area (TPSA) is 64.3 Å². The molecular weight excluding hydrogens is 392 g/mol. The summed E-state index contributed by atoms with van der Waals surface area (Å²) in [5.74, 6) is 1.46. The van der Waals surface area contributed by atoms with Crippen LogP contribution < -0.4 is 9.47 Å². The van der Waals surface area contributed by atoms with Crippen molar-refractivity contribution in [2.24, 2.45) is 5.10 Å². The van der Waals surface area contributed by atoms with Crippen molar-refractivity contribution in [3.05, 3.63) is 83.3 Å². The molecule has 1 aromatic heterocycles. The molecule has 6 nitrogen and oxygen atoms in total. The van der Waals surface area contributed by atoms with Crippen LogP contribution in [0.4, 0.5) is 0 Å². The van der Waals surface area contributed by atoms with Gasteiger partial charge in [-0.15, -0.1) is 0 Å². The standard InChI is InChI=1S/C22H19ClN2O4/c1-27-20-5-2-3-6-21(20)29-14-22(26)25-18(19-7-4-12-28-19)13-17(24-25)15-8-10-16(23)11-9-15/h2-12,18H,13-14H2,1H3/t18-/m1/s1. The predicted octanol–water partition coefficient (Wildman–Crippen LogP) is 4.70. The molecular formula is C22H19ClN2O4. The molecule has 7 heteroatoms. The van der Waals surface area contributed by atoms with Gasteiger partial charge in [0.05, 0.1) is 19.1 Å². The maximum absolute atomic E-state index is 12.9. The number of furan rings is 1. The number of carbonyl (C=O) groups excluding carboxylic acids is 1. The van der Waals surface area contributed by atoms with E-state index in [1.165, 1.54) is 5.01 Å². The number of rotatable bonds is 6. The Morgan fingerprint density at radius 1 is 1.14 bits per heavy atom. The van der Waals surface area contributed by atoms with Crippen LogP contribution in [0.3, 0.4) is 0 Å². The molecule has 1 aliphatic rings. The van der Waals surface area contributed by atoms with Crippen molar-refractivity contribution in [3.63, 3.8) is 0 Å². The van der Waals surface area contributed by atoms with Gasteiger partial charge in [-0.2, -0.15) is 5.10 Å². The Hall–Kier alpha value is -3.25. The van der Waals surface area contributed by atoms with Crippen molar-refractivity contribution in [1.29, 1.82) is 0 Å². The molecule has 2 aromatic carbocycles. The number of carbonyl (C=O) groups is 1. The number of hydrogen-bond acceptors (Lipinski definition) is 5. The van der Waals surface area contributed by atoms with E-state index in [4.69, 9.17) is 25.5 Å². The summed E-state index contributed by atoms with van der Waals surface area (Å²) < 4.78 is 16.5. The number of halogens is 1. The van der Waals surface area contributed by atoms with Gasteiger partial charge < -0.3 is 13.9 Å².